The van der Waals surface area contributed by atoms with Crippen LogP contribution in [-0.2, 0) is 9.59 Å². The summed E-state index contributed by atoms with van der Waals surface area (Å²) in [6.07, 6.45) is -0.186. The van der Waals surface area contributed by atoms with E-state index >= 15 is 0 Å². The summed E-state index contributed by atoms with van der Waals surface area (Å²) in [7, 11) is 1.75. The maximum absolute atomic E-state index is 11.5. The number of amides is 1. The lowest BCUT2D eigenvalue weighted by molar-refractivity contribution is -0.138. The lowest BCUT2D eigenvalue weighted by atomic mass is 10.3. The third kappa shape index (κ3) is 6.98. The Kier molecular flexibility index (Phi) is 7.44. The Morgan fingerprint density at radius 1 is 1.36 bits per heavy atom. The van der Waals surface area contributed by atoms with Crippen LogP contribution in [0.1, 0.15) is 6.92 Å². The highest BCUT2D eigenvalue weighted by Gasteiger charge is 2.12. The van der Waals surface area contributed by atoms with Crippen LogP contribution in [0.5, 0.6) is 5.75 Å². The molecule has 0 fully saturated rings. The Morgan fingerprint density at radius 3 is 2.64 bits per heavy atom. The van der Waals surface area contributed by atoms with Crippen molar-refractivity contribution in [2.75, 3.05) is 26.7 Å². The van der Waals surface area contributed by atoms with E-state index in [9.17, 15) is 9.59 Å². The zero-order valence-electron chi connectivity index (χ0n) is 12.3. The van der Waals surface area contributed by atoms with Gasteiger partial charge in [0.15, 0.2) is 0 Å². The molecule has 0 spiro atoms. The summed E-state index contributed by atoms with van der Waals surface area (Å²) >= 11 is 11.7. The Morgan fingerprint density at radius 2 is 2.05 bits per heavy atom. The van der Waals surface area contributed by atoms with Crippen LogP contribution >= 0.6 is 23.2 Å². The van der Waals surface area contributed by atoms with E-state index in [1.807, 2.05) is 6.92 Å². The van der Waals surface area contributed by atoms with Crippen molar-refractivity contribution in [2.45, 2.75) is 13.0 Å². The van der Waals surface area contributed by atoms with E-state index in [1.165, 1.54) is 0 Å². The number of hydrogen-bond donors (Lipinski definition) is 2. The van der Waals surface area contributed by atoms with Crippen LogP contribution < -0.4 is 10.1 Å². The van der Waals surface area contributed by atoms with Crippen molar-refractivity contribution in [1.82, 2.24) is 10.2 Å². The number of carboxylic acids is 1. The molecule has 6 nitrogen and oxygen atoms in total. The van der Waals surface area contributed by atoms with E-state index in [2.05, 4.69) is 5.32 Å². The number of likely N-dealkylation sites (N-methyl/N-ethyl adjacent to an activating group) is 1. The third-order valence-electron chi connectivity index (χ3n) is 2.65. The van der Waals surface area contributed by atoms with Crippen LogP contribution in [0.15, 0.2) is 18.2 Å². The monoisotopic (exact) mass is 348 g/mol. The summed E-state index contributed by atoms with van der Waals surface area (Å²) in [6.45, 7) is 2.04. The fourth-order valence-electron chi connectivity index (χ4n) is 1.80. The second-order valence-corrected chi connectivity index (χ2v) is 5.69. The van der Waals surface area contributed by atoms with Gasteiger partial charge in [-0.05, 0) is 26.1 Å². The second kappa shape index (κ2) is 8.82. The highest BCUT2D eigenvalue weighted by atomic mass is 35.5. The first-order chi connectivity index (χ1) is 10.3. The molecule has 0 heterocycles. The SMILES string of the molecule is CC(CN(C)CC(=O)NCC(=O)O)Oc1ccc(Cl)c(Cl)c1. The van der Waals surface area contributed by atoms with Gasteiger partial charge in [0.1, 0.15) is 18.4 Å². The standard InChI is InChI=1S/C14H18Cl2N2O4/c1-9(22-10-3-4-11(15)12(16)5-10)7-18(2)8-13(19)17-6-14(20)21/h3-5,9H,6-8H2,1-2H3,(H,17,19)(H,20,21). The van der Waals surface area contributed by atoms with Crippen molar-refractivity contribution >= 4 is 35.1 Å². The normalized spacial score (nSPS) is 12.0. The molecular weight excluding hydrogens is 331 g/mol. The average Bonchev–Trinajstić information content (AvgIpc) is 2.40. The predicted octanol–water partition coefficient (Wildman–Crippen LogP) is 1.89. The van der Waals surface area contributed by atoms with E-state index in [0.717, 1.165) is 0 Å². The highest BCUT2D eigenvalue weighted by molar-refractivity contribution is 6.42. The maximum atomic E-state index is 11.5. The molecule has 0 saturated heterocycles. The molecule has 0 bridgehead atoms. The fourth-order valence-corrected chi connectivity index (χ4v) is 2.09. The van der Waals surface area contributed by atoms with Crippen molar-refractivity contribution < 1.29 is 19.4 Å². The molecule has 1 aromatic rings. The second-order valence-electron chi connectivity index (χ2n) is 4.87. The van der Waals surface area contributed by atoms with Crippen LogP contribution in [0, 0.1) is 0 Å². The molecule has 1 atom stereocenters. The summed E-state index contributed by atoms with van der Waals surface area (Å²) in [5.41, 5.74) is 0. The lowest BCUT2D eigenvalue weighted by Crippen LogP contribution is -2.40. The van der Waals surface area contributed by atoms with Crippen LogP contribution in [0.3, 0.4) is 0 Å². The molecular formula is C14H18Cl2N2O4. The number of rotatable bonds is 8. The molecule has 1 rings (SSSR count). The minimum absolute atomic E-state index is 0.0857. The fraction of sp³-hybridized carbons (Fsp3) is 0.429. The van der Waals surface area contributed by atoms with Gasteiger partial charge >= 0.3 is 5.97 Å². The zero-order chi connectivity index (χ0) is 16.7. The molecule has 22 heavy (non-hydrogen) atoms. The number of halogens is 2. The summed E-state index contributed by atoms with van der Waals surface area (Å²) in [5, 5.41) is 11.6. The van der Waals surface area contributed by atoms with Gasteiger partial charge in [-0.25, -0.2) is 0 Å². The third-order valence-corrected chi connectivity index (χ3v) is 3.39. The number of hydrogen-bond acceptors (Lipinski definition) is 4. The first kappa shape index (κ1) is 18.5. The smallest absolute Gasteiger partial charge is 0.322 e. The largest absolute Gasteiger partial charge is 0.489 e. The summed E-state index contributed by atoms with van der Waals surface area (Å²) in [5.74, 6) is -0.843. The first-order valence-corrected chi connectivity index (χ1v) is 7.32. The van der Waals surface area contributed by atoms with Crippen LogP contribution in [-0.4, -0.2) is 54.7 Å². The maximum Gasteiger partial charge on any atom is 0.322 e. The van der Waals surface area contributed by atoms with Gasteiger partial charge in [0.2, 0.25) is 5.91 Å². The molecule has 0 aliphatic carbocycles. The predicted molar refractivity (Wildman–Crippen MR) is 84.7 cm³/mol. The van der Waals surface area contributed by atoms with Gasteiger partial charge in [0.05, 0.1) is 16.6 Å². The van der Waals surface area contributed by atoms with E-state index in [4.69, 9.17) is 33.0 Å². The molecule has 0 radical (unpaired) electrons. The minimum atomic E-state index is -1.08. The quantitative estimate of drug-likeness (QED) is 0.749. The molecule has 0 aliphatic heterocycles. The van der Waals surface area contributed by atoms with Crippen molar-refractivity contribution in [3.63, 3.8) is 0 Å². The minimum Gasteiger partial charge on any atom is -0.489 e. The van der Waals surface area contributed by atoms with Crippen LogP contribution in [0.4, 0.5) is 0 Å². The van der Waals surface area contributed by atoms with E-state index in [0.29, 0.717) is 22.3 Å². The molecule has 1 unspecified atom stereocenters. The Labute approximate surface area is 138 Å². The lowest BCUT2D eigenvalue weighted by Gasteiger charge is -2.22. The molecule has 122 valence electrons. The van der Waals surface area contributed by atoms with Crippen molar-refractivity contribution in [3.8, 4) is 5.75 Å². The molecule has 0 saturated carbocycles. The number of carbonyl (C=O) groups is 2. The number of carbonyl (C=O) groups excluding carboxylic acids is 1. The number of carboxylic acid groups (broad SMARTS) is 1. The van der Waals surface area contributed by atoms with Gasteiger partial charge < -0.3 is 15.2 Å². The van der Waals surface area contributed by atoms with Gasteiger partial charge in [-0.2, -0.15) is 0 Å². The van der Waals surface area contributed by atoms with Crippen molar-refractivity contribution in [3.05, 3.63) is 28.2 Å². The summed E-state index contributed by atoms with van der Waals surface area (Å²) < 4.78 is 5.69. The molecule has 0 aromatic heterocycles. The average molecular weight is 349 g/mol. The van der Waals surface area contributed by atoms with Crippen molar-refractivity contribution in [1.29, 1.82) is 0 Å². The number of nitrogens with zero attached hydrogens (tertiary/aromatic N) is 1. The topological polar surface area (TPSA) is 78.9 Å². The molecule has 8 heteroatoms. The summed E-state index contributed by atoms with van der Waals surface area (Å²) in [4.78, 5) is 23.6. The van der Waals surface area contributed by atoms with E-state index < -0.39 is 5.97 Å². The Hall–Kier alpha value is -1.50. The van der Waals surface area contributed by atoms with Crippen LogP contribution in [0.25, 0.3) is 0 Å². The first-order valence-electron chi connectivity index (χ1n) is 6.56. The Balaban J connectivity index is 2.40. The highest BCUT2D eigenvalue weighted by Crippen LogP contribution is 2.26. The van der Waals surface area contributed by atoms with Gasteiger partial charge in [-0.1, -0.05) is 23.2 Å². The number of nitrogens with one attached hydrogen (secondary N) is 1. The zero-order valence-corrected chi connectivity index (χ0v) is 13.8. The number of ether oxygens (including phenoxy) is 1. The Bertz CT molecular complexity index is 540. The molecule has 1 aromatic carbocycles. The van der Waals surface area contributed by atoms with Gasteiger partial charge in [0, 0.05) is 12.6 Å². The van der Waals surface area contributed by atoms with E-state index in [1.54, 1.807) is 30.1 Å². The number of benzene rings is 1. The van der Waals surface area contributed by atoms with Gasteiger partial charge in [-0.15, -0.1) is 0 Å². The molecule has 0 aliphatic rings. The summed E-state index contributed by atoms with van der Waals surface area (Å²) in [6, 6.07) is 4.99. The van der Waals surface area contributed by atoms with Gasteiger partial charge in [0.25, 0.3) is 0 Å². The molecule has 1 amide bonds. The van der Waals surface area contributed by atoms with Crippen molar-refractivity contribution in [2.24, 2.45) is 0 Å². The van der Waals surface area contributed by atoms with E-state index in [-0.39, 0.29) is 25.1 Å². The van der Waals surface area contributed by atoms with Crippen LogP contribution in [0.2, 0.25) is 10.0 Å². The van der Waals surface area contributed by atoms with Gasteiger partial charge in [-0.3, -0.25) is 14.5 Å². The molecule has 2 N–H and O–H groups in total. The number of aliphatic carboxylic acids is 1.